The second-order valence-corrected chi connectivity index (χ2v) is 7.58. The Morgan fingerprint density at radius 2 is 1.92 bits per heavy atom. The van der Waals surface area contributed by atoms with Crippen LogP contribution >= 0.6 is 0 Å². The van der Waals surface area contributed by atoms with Crippen molar-refractivity contribution in [1.29, 1.82) is 0 Å². The number of anilines is 1. The fraction of sp³-hybridized carbons (Fsp3) is 0.429. The van der Waals surface area contributed by atoms with E-state index in [4.69, 9.17) is 5.73 Å². The Balaban J connectivity index is 1.91. The van der Waals surface area contributed by atoms with Gasteiger partial charge in [0.15, 0.2) is 0 Å². The van der Waals surface area contributed by atoms with Gasteiger partial charge in [0.05, 0.1) is 11.8 Å². The monoisotopic (exact) mass is 358 g/mol. The first kappa shape index (κ1) is 18.1. The van der Waals surface area contributed by atoms with Crippen molar-refractivity contribution in [3.05, 3.63) is 29.6 Å². The summed E-state index contributed by atoms with van der Waals surface area (Å²) >= 11 is 0. The molecule has 1 fully saturated rings. The maximum Gasteiger partial charge on any atom is 0.319 e. The molecule has 1 aromatic rings. The van der Waals surface area contributed by atoms with Gasteiger partial charge in [-0.3, -0.25) is 4.79 Å². The minimum Gasteiger partial charge on any atom is -0.366 e. The lowest BCUT2D eigenvalue weighted by Gasteiger charge is -2.30. The molecule has 0 unspecified atom stereocenters. The van der Waals surface area contributed by atoms with E-state index >= 15 is 0 Å². The standard InChI is InChI=1S/C14H19FN4O4S/c1-24(22,23)19-6-4-9(5-7-19)17-14(21)18-10-2-3-12(15)11(8-10)13(16)20/h2-3,8-9H,4-7H2,1H3,(H2,16,20)(H2,17,18,21). The van der Waals surface area contributed by atoms with Crippen molar-refractivity contribution >= 4 is 27.6 Å². The second-order valence-electron chi connectivity index (χ2n) is 5.59. The third-order valence-electron chi connectivity index (χ3n) is 3.75. The zero-order chi connectivity index (χ0) is 17.9. The average Bonchev–Trinajstić information content (AvgIpc) is 2.48. The van der Waals surface area contributed by atoms with Gasteiger partial charge in [-0.05, 0) is 31.0 Å². The molecule has 4 N–H and O–H groups in total. The molecule has 132 valence electrons. The molecule has 1 saturated heterocycles. The van der Waals surface area contributed by atoms with Crippen LogP contribution in [0.1, 0.15) is 23.2 Å². The zero-order valence-corrected chi connectivity index (χ0v) is 13.9. The summed E-state index contributed by atoms with van der Waals surface area (Å²) in [5.74, 6) is -1.69. The van der Waals surface area contributed by atoms with Gasteiger partial charge in [-0.1, -0.05) is 0 Å². The third kappa shape index (κ3) is 4.65. The zero-order valence-electron chi connectivity index (χ0n) is 13.1. The van der Waals surface area contributed by atoms with Gasteiger partial charge in [0.25, 0.3) is 5.91 Å². The summed E-state index contributed by atoms with van der Waals surface area (Å²) in [6.45, 7) is 0.679. The van der Waals surface area contributed by atoms with Gasteiger partial charge in [-0.25, -0.2) is 21.9 Å². The van der Waals surface area contributed by atoms with Crippen molar-refractivity contribution in [2.24, 2.45) is 5.73 Å². The number of carbonyl (C=O) groups is 2. The summed E-state index contributed by atoms with van der Waals surface area (Å²) < 4.78 is 37.6. The lowest BCUT2D eigenvalue weighted by atomic mass is 10.1. The van der Waals surface area contributed by atoms with Crippen LogP contribution in [-0.4, -0.2) is 50.0 Å². The lowest BCUT2D eigenvalue weighted by Crippen LogP contribution is -2.47. The predicted molar refractivity (Wildman–Crippen MR) is 86.5 cm³/mol. The summed E-state index contributed by atoms with van der Waals surface area (Å²) in [5, 5.41) is 5.22. The molecule has 2 rings (SSSR count). The average molecular weight is 358 g/mol. The molecule has 0 saturated carbocycles. The first-order valence-electron chi connectivity index (χ1n) is 7.29. The van der Waals surface area contributed by atoms with E-state index in [0.717, 1.165) is 18.4 Å². The van der Waals surface area contributed by atoms with Crippen LogP contribution in [0.5, 0.6) is 0 Å². The number of rotatable bonds is 4. The summed E-state index contributed by atoms with van der Waals surface area (Å²) in [7, 11) is -3.22. The maximum atomic E-state index is 13.4. The normalized spacial score (nSPS) is 16.6. The highest BCUT2D eigenvalue weighted by atomic mass is 32.2. The van der Waals surface area contributed by atoms with E-state index in [-0.39, 0.29) is 17.3 Å². The van der Waals surface area contributed by atoms with E-state index in [1.165, 1.54) is 10.4 Å². The van der Waals surface area contributed by atoms with Gasteiger partial charge in [0.1, 0.15) is 5.82 Å². The van der Waals surface area contributed by atoms with Crippen molar-refractivity contribution in [2.45, 2.75) is 18.9 Å². The van der Waals surface area contributed by atoms with Crippen LogP contribution < -0.4 is 16.4 Å². The highest BCUT2D eigenvalue weighted by Gasteiger charge is 2.25. The molecule has 0 spiro atoms. The van der Waals surface area contributed by atoms with Gasteiger partial charge in [0, 0.05) is 24.8 Å². The molecule has 1 aromatic carbocycles. The number of halogens is 1. The summed E-state index contributed by atoms with van der Waals surface area (Å²) in [6, 6.07) is 2.83. The molecule has 0 aliphatic carbocycles. The largest absolute Gasteiger partial charge is 0.366 e. The number of piperidine rings is 1. The first-order chi connectivity index (χ1) is 11.2. The summed E-state index contributed by atoms with van der Waals surface area (Å²) in [5.41, 5.74) is 4.97. The fourth-order valence-corrected chi connectivity index (χ4v) is 3.35. The smallest absolute Gasteiger partial charge is 0.319 e. The molecule has 24 heavy (non-hydrogen) atoms. The Labute approximate surface area is 139 Å². The minimum atomic E-state index is -3.22. The number of hydrogen-bond donors (Lipinski definition) is 3. The molecule has 3 amide bonds. The number of primary amides is 1. The molecule has 1 heterocycles. The second kappa shape index (κ2) is 7.14. The van der Waals surface area contributed by atoms with E-state index in [9.17, 15) is 22.4 Å². The van der Waals surface area contributed by atoms with Crippen molar-refractivity contribution in [3.8, 4) is 0 Å². The number of benzene rings is 1. The van der Waals surface area contributed by atoms with Crippen LogP contribution in [0.15, 0.2) is 18.2 Å². The quantitative estimate of drug-likeness (QED) is 0.724. The number of nitrogens with two attached hydrogens (primary N) is 1. The first-order valence-corrected chi connectivity index (χ1v) is 9.13. The number of hydrogen-bond acceptors (Lipinski definition) is 4. The van der Waals surface area contributed by atoms with Crippen LogP contribution in [0.2, 0.25) is 0 Å². The number of nitrogens with one attached hydrogen (secondary N) is 2. The van der Waals surface area contributed by atoms with E-state index < -0.39 is 27.8 Å². The third-order valence-corrected chi connectivity index (χ3v) is 5.05. The van der Waals surface area contributed by atoms with Crippen LogP contribution in [-0.2, 0) is 10.0 Å². The van der Waals surface area contributed by atoms with E-state index in [1.54, 1.807) is 0 Å². The molecule has 0 atom stereocenters. The van der Waals surface area contributed by atoms with Crippen LogP contribution in [0, 0.1) is 5.82 Å². The SMILES string of the molecule is CS(=O)(=O)N1CCC(NC(=O)Nc2ccc(F)c(C(N)=O)c2)CC1. The van der Waals surface area contributed by atoms with Gasteiger partial charge < -0.3 is 16.4 Å². The number of sulfonamides is 1. The minimum absolute atomic E-state index is 0.168. The Bertz CT molecular complexity index is 745. The molecule has 1 aliphatic heterocycles. The van der Waals surface area contributed by atoms with E-state index in [1.807, 2.05) is 0 Å². The fourth-order valence-electron chi connectivity index (χ4n) is 2.48. The van der Waals surface area contributed by atoms with Crippen LogP contribution in [0.4, 0.5) is 14.9 Å². The number of nitrogens with zero attached hydrogens (tertiary/aromatic N) is 1. The molecule has 0 aromatic heterocycles. The van der Waals surface area contributed by atoms with E-state index in [2.05, 4.69) is 10.6 Å². The molecular formula is C14H19FN4O4S. The molecule has 0 radical (unpaired) electrons. The molecule has 8 nitrogen and oxygen atoms in total. The number of urea groups is 1. The van der Waals surface area contributed by atoms with E-state index in [0.29, 0.717) is 25.9 Å². The molecule has 1 aliphatic rings. The summed E-state index contributed by atoms with van der Waals surface area (Å²) in [4.78, 5) is 23.0. The Morgan fingerprint density at radius 1 is 1.29 bits per heavy atom. The Kier molecular flexibility index (Phi) is 5.40. The summed E-state index contributed by atoms with van der Waals surface area (Å²) in [6.07, 6.45) is 2.14. The van der Waals surface area contributed by atoms with Gasteiger partial charge in [-0.15, -0.1) is 0 Å². The number of carbonyl (C=O) groups excluding carboxylic acids is 2. The van der Waals surface area contributed by atoms with Crippen LogP contribution in [0.25, 0.3) is 0 Å². The number of amides is 3. The topological polar surface area (TPSA) is 122 Å². The van der Waals surface area contributed by atoms with Crippen molar-refractivity contribution < 1.29 is 22.4 Å². The van der Waals surface area contributed by atoms with Gasteiger partial charge in [0.2, 0.25) is 10.0 Å². The molecular weight excluding hydrogens is 339 g/mol. The van der Waals surface area contributed by atoms with Crippen molar-refractivity contribution in [1.82, 2.24) is 9.62 Å². The van der Waals surface area contributed by atoms with Gasteiger partial charge in [-0.2, -0.15) is 0 Å². The highest BCUT2D eigenvalue weighted by Crippen LogP contribution is 2.16. The van der Waals surface area contributed by atoms with Crippen molar-refractivity contribution in [2.75, 3.05) is 24.7 Å². The van der Waals surface area contributed by atoms with Gasteiger partial charge >= 0.3 is 6.03 Å². The lowest BCUT2D eigenvalue weighted by molar-refractivity contribution is 0.0996. The molecule has 10 heteroatoms. The Hall–Kier alpha value is -2.20. The molecule has 0 bridgehead atoms. The Morgan fingerprint density at radius 3 is 2.46 bits per heavy atom. The predicted octanol–water partition coefficient (Wildman–Crippen LogP) is 0.470. The highest BCUT2D eigenvalue weighted by molar-refractivity contribution is 7.88. The van der Waals surface area contributed by atoms with Crippen LogP contribution in [0.3, 0.4) is 0 Å². The van der Waals surface area contributed by atoms with Crippen molar-refractivity contribution in [3.63, 3.8) is 0 Å². The maximum absolute atomic E-state index is 13.4.